The zero-order valence-electron chi connectivity index (χ0n) is 6.96. The number of ether oxygens (including phenoxy) is 2. The molecule has 0 amide bonds. The molecular weight excluding hydrogens is 160 g/mol. The van der Waals surface area contributed by atoms with Crippen LogP contribution in [-0.2, 0) is 9.47 Å². The molecule has 2 nitrogen and oxygen atoms in total. The molecular formula is C8H12O2S. The molecule has 0 saturated heterocycles. The molecule has 0 spiro atoms. The molecule has 0 aliphatic carbocycles. The Kier molecular flexibility index (Phi) is 3.05. The molecule has 62 valence electrons. The second kappa shape index (κ2) is 3.85. The summed E-state index contributed by atoms with van der Waals surface area (Å²) in [6.45, 7) is 2.07. The van der Waals surface area contributed by atoms with Crippen molar-refractivity contribution in [3.05, 3.63) is 21.9 Å². The van der Waals surface area contributed by atoms with E-state index in [1.807, 2.05) is 6.07 Å². The lowest BCUT2D eigenvalue weighted by Gasteiger charge is -2.09. The van der Waals surface area contributed by atoms with Crippen molar-refractivity contribution < 1.29 is 9.47 Å². The van der Waals surface area contributed by atoms with Gasteiger partial charge in [-0.1, -0.05) is 0 Å². The molecule has 3 heteroatoms. The van der Waals surface area contributed by atoms with Gasteiger partial charge >= 0.3 is 0 Å². The zero-order valence-corrected chi connectivity index (χ0v) is 7.77. The maximum absolute atomic E-state index is 5.09. The smallest absolute Gasteiger partial charge is 0.192 e. The van der Waals surface area contributed by atoms with Gasteiger partial charge in [-0.2, -0.15) is 0 Å². The van der Waals surface area contributed by atoms with E-state index in [1.54, 1.807) is 25.6 Å². The minimum Gasteiger partial charge on any atom is -0.351 e. The Balaban J connectivity index is 2.73. The lowest BCUT2D eigenvalue weighted by Crippen LogP contribution is -2.00. The first-order valence-corrected chi connectivity index (χ1v) is 4.21. The van der Waals surface area contributed by atoms with E-state index in [-0.39, 0.29) is 6.29 Å². The van der Waals surface area contributed by atoms with E-state index in [0.717, 1.165) is 4.88 Å². The first-order valence-electron chi connectivity index (χ1n) is 3.40. The lowest BCUT2D eigenvalue weighted by molar-refractivity contribution is -0.103. The van der Waals surface area contributed by atoms with Gasteiger partial charge in [0.1, 0.15) is 0 Å². The van der Waals surface area contributed by atoms with Crippen molar-refractivity contribution in [2.75, 3.05) is 14.2 Å². The second-order valence-corrected chi connectivity index (χ2v) is 3.57. The summed E-state index contributed by atoms with van der Waals surface area (Å²) < 4.78 is 10.2. The van der Waals surface area contributed by atoms with Gasteiger partial charge in [0.25, 0.3) is 0 Å². The van der Waals surface area contributed by atoms with Gasteiger partial charge in [-0.05, 0) is 19.1 Å². The fourth-order valence-electron chi connectivity index (χ4n) is 0.909. The van der Waals surface area contributed by atoms with Crippen molar-refractivity contribution in [2.45, 2.75) is 13.2 Å². The van der Waals surface area contributed by atoms with Crippen LogP contribution < -0.4 is 0 Å². The van der Waals surface area contributed by atoms with Crippen molar-refractivity contribution in [3.8, 4) is 0 Å². The van der Waals surface area contributed by atoms with Crippen molar-refractivity contribution in [2.24, 2.45) is 0 Å². The molecule has 0 aliphatic rings. The van der Waals surface area contributed by atoms with Gasteiger partial charge in [0.05, 0.1) is 4.88 Å². The first-order chi connectivity index (χ1) is 5.27. The molecule has 1 rings (SSSR count). The Hall–Kier alpha value is -0.380. The highest BCUT2D eigenvalue weighted by atomic mass is 32.1. The molecule has 0 unspecified atom stereocenters. The fraction of sp³-hybridized carbons (Fsp3) is 0.500. The predicted octanol–water partition coefficient (Wildman–Crippen LogP) is 2.35. The quantitative estimate of drug-likeness (QED) is 0.651. The molecule has 1 heterocycles. The van der Waals surface area contributed by atoms with Crippen LogP contribution in [0.25, 0.3) is 0 Å². The van der Waals surface area contributed by atoms with Crippen LogP contribution in [0.1, 0.15) is 16.0 Å². The monoisotopic (exact) mass is 172 g/mol. The predicted molar refractivity (Wildman–Crippen MR) is 45.8 cm³/mol. The standard InChI is InChI=1S/C8H12O2S/c1-6-4-5-7(11-6)8(9-2)10-3/h4-5,8H,1-3H3. The van der Waals surface area contributed by atoms with Crippen LogP contribution in [0.15, 0.2) is 12.1 Å². The van der Waals surface area contributed by atoms with Gasteiger partial charge in [0.15, 0.2) is 6.29 Å². The molecule has 0 saturated carbocycles. The van der Waals surface area contributed by atoms with E-state index in [1.165, 1.54) is 4.88 Å². The zero-order chi connectivity index (χ0) is 8.27. The van der Waals surface area contributed by atoms with Crippen LogP contribution in [0.4, 0.5) is 0 Å². The Labute approximate surface area is 70.8 Å². The summed E-state index contributed by atoms with van der Waals surface area (Å²) in [5, 5.41) is 0. The normalized spacial score (nSPS) is 10.9. The molecule has 0 aromatic carbocycles. The van der Waals surface area contributed by atoms with Crippen molar-refractivity contribution in [3.63, 3.8) is 0 Å². The highest BCUT2D eigenvalue weighted by molar-refractivity contribution is 7.11. The molecule has 0 bridgehead atoms. The SMILES string of the molecule is COC(OC)c1ccc(C)s1. The van der Waals surface area contributed by atoms with Crippen LogP contribution in [0.3, 0.4) is 0 Å². The number of hydrogen-bond acceptors (Lipinski definition) is 3. The van der Waals surface area contributed by atoms with E-state index in [9.17, 15) is 0 Å². The van der Waals surface area contributed by atoms with E-state index >= 15 is 0 Å². The average Bonchev–Trinajstić information content (AvgIpc) is 2.39. The van der Waals surface area contributed by atoms with Crippen LogP contribution in [0.5, 0.6) is 0 Å². The summed E-state index contributed by atoms with van der Waals surface area (Å²) in [5.41, 5.74) is 0. The first kappa shape index (κ1) is 8.71. The van der Waals surface area contributed by atoms with Gasteiger partial charge in [0.2, 0.25) is 0 Å². The molecule has 11 heavy (non-hydrogen) atoms. The summed E-state index contributed by atoms with van der Waals surface area (Å²) in [6, 6.07) is 4.09. The Bertz CT molecular complexity index is 216. The van der Waals surface area contributed by atoms with Gasteiger partial charge in [-0.25, -0.2) is 0 Å². The highest BCUT2D eigenvalue weighted by Gasteiger charge is 2.09. The Morgan fingerprint density at radius 3 is 2.27 bits per heavy atom. The number of hydrogen-bond donors (Lipinski definition) is 0. The van der Waals surface area contributed by atoms with Crippen molar-refractivity contribution >= 4 is 11.3 Å². The summed E-state index contributed by atoms with van der Waals surface area (Å²) in [5.74, 6) is 0. The number of aryl methyl sites for hydroxylation is 1. The van der Waals surface area contributed by atoms with E-state index in [0.29, 0.717) is 0 Å². The molecule has 0 aliphatic heterocycles. The van der Waals surface area contributed by atoms with Crippen LogP contribution >= 0.6 is 11.3 Å². The second-order valence-electron chi connectivity index (χ2n) is 2.25. The average molecular weight is 172 g/mol. The van der Waals surface area contributed by atoms with Crippen molar-refractivity contribution in [1.29, 1.82) is 0 Å². The molecule has 1 aromatic heterocycles. The summed E-state index contributed by atoms with van der Waals surface area (Å²) >= 11 is 1.69. The van der Waals surface area contributed by atoms with Gasteiger partial charge in [0, 0.05) is 19.1 Å². The van der Waals surface area contributed by atoms with Crippen molar-refractivity contribution in [1.82, 2.24) is 0 Å². The van der Waals surface area contributed by atoms with E-state index in [2.05, 4.69) is 13.0 Å². The number of methoxy groups -OCH3 is 2. The summed E-state index contributed by atoms with van der Waals surface area (Å²) in [6.07, 6.45) is -0.200. The fourth-order valence-corrected chi connectivity index (χ4v) is 1.84. The van der Waals surface area contributed by atoms with Crippen LogP contribution in [0, 0.1) is 6.92 Å². The Morgan fingerprint density at radius 1 is 1.27 bits per heavy atom. The van der Waals surface area contributed by atoms with Crippen LogP contribution in [0.2, 0.25) is 0 Å². The largest absolute Gasteiger partial charge is 0.351 e. The van der Waals surface area contributed by atoms with Gasteiger partial charge in [-0.15, -0.1) is 11.3 Å². The number of thiophene rings is 1. The minimum atomic E-state index is -0.200. The maximum Gasteiger partial charge on any atom is 0.192 e. The molecule has 0 fully saturated rings. The van der Waals surface area contributed by atoms with E-state index in [4.69, 9.17) is 9.47 Å². The molecule has 1 aromatic rings. The number of rotatable bonds is 3. The summed E-state index contributed by atoms with van der Waals surface area (Å²) in [7, 11) is 3.28. The minimum absolute atomic E-state index is 0.200. The summed E-state index contributed by atoms with van der Waals surface area (Å²) in [4.78, 5) is 2.40. The molecule has 0 atom stereocenters. The van der Waals surface area contributed by atoms with E-state index < -0.39 is 0 Å². The highest BCUT2D eigenvalue weighted by Crippen LogP contribution is 2.24. The third-order valence-electron chi connectivity index (χ3n) is 1.42. The third kappa shape index (κ3) is 2.02. The van der Waals surface area contributed by atoms with Crippen LogP contribution in [-0.4, -0.2) is 14.2 Å². The molecule has 0 N–H and O–H groups in total. The lowest BCUT2D eigenvalue weighted by atomic mass is 10.4. The van der Waals surface area contributed by atoms with Gasteiger partial charge in [-0.3, -0.25) is 0 Å². The van der Waals surface area contributed by atoms with Gasteiger partial charge < -0.3 is 9.47 Å². The maximum atomic E-state index is 5.09. The third-order valence-corrected chi connectivity index (χ3v) is 2.44. The molecule has 0 radical (unpaired) electrons. The topological polar surface area (TPSA) is 18.5 Å². The Morgan fingerprint density at radius 2 is 1.91 bits per heavy atom.